The Morgan fingerprint density at radius 2 is 2.04 bits per heavy atom. The van der Waals surface area contributed by atoms with Gasteiger partial charge in [0.2, 0.25) is 0 Å². The molecule has 3 aromatic rings. The van der Waals surface area contributed by atoms with E-state index < -0.39 is 0 Å². The highest BCUT2D eigenvalue weighted by Crippen LogP contribution is 2.19. The number of amides is 2. The van der Waals surface area contributed by atoms with Crippen molar-refractivity contribution in [2.45, 2.75) is 13.0 Å². The van der Waals surface area contributed by atoms with E-state index in [9.17, 15) is 4.79 Å². The first kappa shape index (κ1) is 15.7. The van der Waals surface area contributed by atoms with Gasteiger partial charge in [-0.2, -0.15) is 5.10 Å². The summed E-state index contributed by atoms with van der Waals surface area (Å²) < 4.78 is 1.64. The number of hydrogen-bond donors (Lipinski definition) is 2. The SMILES string of the molecule is CC(NC(=O)Nc1cccc(-c2ncn(C)n2)c1)c1ccccn1. The van der Waals surface area contributed by atoms with Crippen molar-refractivity contribution in [2.24, 2.45) is 7.05 Å². The second kappa shape index (κ2) is 6.91. The second-order valence-electron chi connectivity index (χ2n) is 5.40. The van der Waals surface area contributed by atoms with Gasteiger partial charge in [-0.1, -0.05) is 18.2 Å². The summed E-state index contributed by atoms with van der Waals surface area (Å²) in [5, 5.41) is 9.94. The molecule has 1 unspecified atom stereocenters. The monoisotopic (exact) mass is 322 g/mol. The molecule has 2 heterocycles. The third-order valence-corrected chi connectivity index (χ3v) is 3.46. The number of hydrogen-bond acceptors (Lipinski definition) is 4. The first-order valence-electron chi connectivity index (χ1n) is 7.56. The van der Waals surface area contributed by atoms with Gasteiger partial charge in [0.05, 0.1) is 11.7 Å². The molecule has 3 rings (SSSR count). The summed E-state index contributed by atoms with van der Waals surface area (Å²) in [6.07, 6.45) is 3.34. The van der Waals surface area contributed by atoms with Gasteiger partial charge >= 0.3 is 6.03 Å². The molecule has 0 radical (unpaired) electrons. The van der Waals surface area contributed by atoms with Gasteiger partial charge < -0.3 is 10.6 Å². The average molecular weight is 322 g/mol. The Kier molecular flexibility index (Phi) is 4.51. The molecule has 0 spiro atoms. The van der Waals surface area contributed by atoms with Crippen molar-refractivity contribution in [1.82, 2.24) is 25.1 Å². The fourth-order valence-corrected chi connectivity index (χ4v) is 2.28. The molecular weight excluding hydrogens is 304 g/mol. The molecule has 122 valence electrons. The van der Waals surface area contributed by atoms with E-state index in [1.165, 1.54) is 0 Å². The normalized spacial score (nSPS) is 11.8. The summed E-state index contributed by atoms with van der Waals surface area (Å²) in [7, 11) is 1.81. The summed E-state index contributed by atoms with van der Waals surface area (Å²) in [4.78, 5) is 20.6. The van der Waals surface area contributed by atoms with Crippen LogP contribution in [0.5, 0.6) is 0 Å². The van der Waals surface area contributed by atoms with E-state index in [-0.39, 0.29) is 12.1 Å². The van der Waals surface area contributed by atoms with E-state index in [0.29, 0.717) is 11.5 Å². The number of rotatable bonds is 4. The van der Waals surface area contributed by atoms with Crippen molar-refractivity contribution in [3.63, 3.8) is 0 Å². The minimum atomic E-state index is -0.292. The molecule has 1 atom stereocenters. The smallest absolute Gasteiger partial charge is 0.319 e. The van der Waals surface area contributed by atoms with Crippen molar-refractivity contribution >= 4 is 11.7 Å². The second-order valence-corrected chi connectivity index (χ2v) is 5.40. The zero-order valence-electron chi connectivity index (χ0n) is 13.5. The molecular formula is C17H18N6O. The van der Waals surface area contributed by atoms with Gasteiger partial charge in [0, 0.05) is 24.5 Å². The number of aryl methyl sites for hydroxylation is 1. The van der Waals surface area contributed by atoms with Crippen LogP contribution in [0.4, 0.5) is 10.5 Å². The number of benzene rings is 1. The molecule has 0 bridgehead atoms. The first-order chi connectivity index (χ1) is 11.6. The van der Waals surface area contributed by atoms with Crippen LogP contribution in [0.25, 0.3) is 11.4 Å². The van der Waals surface area contributed by atoms with Crippen molar-refractivity contribution in [3.05, 3.63) is 60.7 Å². The lowest BCUT2D eigenvalue weighted by Gasteiger charge is -2.14. The Hall–Kier alpha value is -3.22. The highest BCUT2D eigenvalue weighted by Gasteiger charge is 2.11. The van der Waals surface area contributed by atoms with E-state index in [2.05, 4.69) is 25.7 Å². The zero-order chi connectivity index (χ0) is 16.9. The molecule has 2 aromatic heterocycles. The number of nitrogens with zero attached hydrogens (tertiary/aromatic N) is 4. The average Bonchev–Trinajstić information content (AvgIpc) is 3.02. The Balaban J connectivity index is 1.66. The van der Waals surface area contributed by atoms with E-state index in [1.54, 1.807) is 17.2 Å². The van der Waals surface area contributed by atoms with Crippen LogP contribution in [0.1, 0.15) is 18.7 Å². The van der Waals surface area contributed by atoms with E-state index >= 15 is 0 Å². The number of carbonyl (C=O) groups excluding carboxylic acids is 1. The maximum atomic E-state index is 12.2. The van der Waals surface area contributed by atoms with E-state index in [1.807, 2.05) is 56.4 Å². The maximum Gasteiger partial charge on any atom is 0.319 e. The fraction of sp³-hybridized carbons (Fsp3) is 0.176. The number of carbonyl (C=O) groups is 1. The molecule has 0 fully saturated rings. The Morgan fingerprint density at radius 1 is 1.17 bits per heavy atom. The van der Waals surface area contributed by atoms with Crippen LogP contribution in [0.2, 0.25) is 0 Å². The Bertz CT molecular complexity index is 830. The lowest BCUT2D eigenvalue weighted by Crippen LogP contribution is -2.31. The lowest BCUT2D eigenvalue weighted by molar-refractivity contribution is 0.249. The highest BCUT2D eigenvalue weighted by atomic mass is 16.2. The topological polar surface area (TPSA) is 84.7 Å². The molecule has 0 saturated carbocycles. The molecule has 1 aromatic carbocycles. The van der Waals surface area contributed by atoms with Crippen LogP contribution in [0.3, 0.4) is 0 Å². The van der Waals surface area contributed by atoms with Crippen molar-refractivity contribution in [1.29, 1.82) is 0 Å². The quantitative estimate of drug-likeness (QED) is 0.773. The third-order valence-electron chi connectivity index (χ3n) is 3.46. The summed E-state index contributed by atoms with van der Waals surface area (Å²) in [6.45, 7) is 1.89. The molecule has 2 amide bonds. The summed E-state index contributed by atoms with van der Waals surface area (Å²) in [5.74, 6) is 0.614. The van der Waals surface area contributed by atoms with Crippen LogP contribution in [0, 0.1) is 0 Å². The van der Waals surface area contributed by atoms with Gasteiger partial charge in [-0.3, -0.25) is 9.67 Å². The molecule has 0 saturated heterocycles. The van der Waals surface area contributed by atoms with Crippen LogP contribution in [-0.2, 0) is 7.05 Å². The molecule has 24 heavy (non-hydrogen) atoms. The number of anilines is 1. The van der Waals surface area contributed by atoms with Gasteiger partial charge in [0.1, 0.15) is 6.33 Å². The minimum absolute atomic E-state index is 0.188. The van der Waals surface area contributed by atoms with Gasteiger partial charge in [0.15, 0.2) is 5.82 Å². The maximum absolute atomic E-state index is 12.2. The van der Waals surface area contributed by atoms with Crippen LogP contribution < -0.4 is 10.6 Å². The van der Waals surface area contributed by atoms with Crippen molar-refractivity contribution in [3.8, 4) is 11.4 Å². The molecule has 7 heteroatoms. The fourth-order valence-electron chi connectivity index (χ4n) is 2.28. The first-order valence-corrected chi connectivity index (χ1v) is 7.56. The van der Waals surface area contributed by atoms with Crippen LogP contribution in [0.15, 0.2) is 55.0 Å². The number of nitrogens with one attached hydrogen (secondary N) is 2. The molecule has 2 N–H and O–H groups in total. The summed E-state index contributed by atoms with van der Waals surface area (Å²) in [6, 6.07) is 12.5. The van der Waals surface area contributed by atoms with Crippen LogP contribution >= 0.6 is 0 Å². The molecule has 0 aliphatic heterocycles. The highest BCUT2D eigenvalue weighted by molar-refractivity contribution is 5.90. The van der Waals surface area contributed by atoms with Gasteiger partial charge in [-0.25, -0.2) is 9.78 Å². The lowest BCUT2D eigenvalue weighted by atomic mass is 10.2. The standard InChI is InChI=1S/C17H18N6O/c1-12(15-8-3-4-9-18-15)20-17(24)21-14-7-5-6-13(10-14)16-19-11-23(2)22-16/h3-12H,1-2H3,(H2,20,21,24). The number of urea groups is 1. The third kappa shape index (κ3) is 3.75. The van der Waals surface area contributed by atoms with Crippen molar-refractivity contribution in [2.75, 3.05) is 5.32 Å². The van der Waals surface area contributed by atoms with Crippen LogP contribution in [-0.4, -0.2) is 25.8 Å². The van der Waals surface area contributed by atoms with Gasteiger partial charge in [0.25, 0.3) is 0 Å². The van der Waals surface area contributed by atoms with Gasteiger partial charge in [-0.05, 0) is 31.2 Å². The van der Waals surface area contributed by atoms with E-state index in [4.69, 9.17) is 0 Å². The van der Waals surface area contributed by atoms with E-state index in [0.717, 1.165) is 11.3 Å². The predicted octanol–water partition coefficient (Wildman–Crippen LogP) is 2.76. The summed E-state index contributed by atoms with van der Waals surface area (Å²) >= 11 is 0. The Morgan fingerprint density at radius 3 is 2.75 bits per heavy atom. The molecule has 7 nitrogen and oxygen atoms in total. The predicted molar refractivity (Wildman–Crippen MR) is 91.2 cm³/mol. The largest absolute Gasteiger partial charge is 0.330 e. The number of aromatic nitrogens is 4. The van der Waals surface area contributed by atoms with Gasteiger partial charge in [-0.15, -0.1) is 0 Å². The number of pyridine rings is 1. The zero-order valence-corrected chi connectivity index (χ0v) is 13.5. The Labute approximate surface area is 139 Å². The summed E-state index contributed by atoms with van der Waals surface area (Å²) in [5.41, 5.74) is 2.32. The molecule has 0 aliphatic rings. The van der Waals surface area contributed by atoms with Crippen molar-refractivity contribution < 1.29 is 4.79 Å². The minimum Gasteiger partial charge on any atom is -0.330 e. The molecule has 0 aliphatic carbocycles.